The maximum absolute atomic E-state index is 11.3. The third-order valence-corrected chi connectivity index (χ3v) is 5.63. The molecular weight excluding hydrogens is 426 g/mol. The summed E-state index contributed by atoms with van der Waals surface area (Å²) < 4.78 is 5.73. The highest BCUT2D eigenvalue weighted by Gasteiger charge is 2.21. The van der Waals surface area contributed by atoms with Gasteiger partial charge in [-0.25, -0.2) is 9.97 Å². The van der Waals surface area contributed by atoms with Crippen molar-refractivity contribution in [2.45, 2.75) is 30.3 Å². The Hall–Kier alpha value is -3.37. The van der Waals surface area contributed by atoms with E-state index in [1.54, 1.807) is 7.11 Å². The Morgan fingerprint density at radius 3 is 2.66 bits per heavy atom. The fourth-order valence-electron chi connectivity index (χ4n) is 3.33. The van der Waals surface area contributed by atoms with Gasteiger partial charge in [-0.05, 0) is 61.5 Å². The van der Waals surface area contributed by atoms with Crippen LogP contribution in [0.15, 0.2) is 46.5 Å². The highest BCUT2D eigenvalue weighted by Crippen LogP contribution is 2.37. The molecule has 3 aromatic rings. The van der Waals surface area contributed by atoms with Crippen molar-refractivity contribution in [3.8, 4) is 5.75 Å². The van der Waals surface area contributed by atoms with Gasteiger partial charge in [0.2, 0.25) is 5.91 Å². The number of carbonyl (C=O) groups is 1. The Bertz CT molecular complexity index is 1140. The summed E-state index contributed by atoms with van der Waals surface area (Å²) in [7, 11) is 1.62. The van der Waals surface area contributed by atoms with Gasteiger partial charge in [0.15, 0.2) is 22.5 Å². The number of carbonyl (C=O) groups excluding carboxylic acids is 1. The minimum Gasteiger partial charge on any atom is -0.491 e. The number of hydrogen-bond donors (Lipinski definition) is 4. The van der Waals surface area contributed by atoms with E-state index < -0.39 is 0 Å². The summed E-state index contributed by atoms with van der Waals surface area (Å²) in [6.07, 6.45) is 2.98. The third kappa shape index (κ3) is 5.27. The molecule has 0 radical (unpaired) electrons. The number of amides is 1. The fourth-order valence-corrected chi connectivity index (χ4v) is 4.08. The number of aryl methyl sites for hydroxylation is 1. The van der Waals surface area contributed by atoms with Gasteiger partial charge in [-0.3, -0.25) is 9.89 Å². The van der Waals surface area contributed by atoms with Crippen molar-refractivity contribution in [2.75, 3.05) is 30.8 Å². The van der Waals surface area contributed by atoms with E-state index in [0.29, 0.717) is 22.5 Å². The van der Waals surface area contributed by atoms with E-state index in [-0.39, 0.29) is 5.91 Å². The van der Waals surface area contributed by atoms with Crippen LogP contribution in [-0.4, -0.2) is 46.3 Å². The van der Waals surface area contributed by atoms with Gasteiger partial charge in [0, 0.05) is 35.8 Å². The van der Waals surface area contributed by atoms with Crippen LogP contribution in [0.1, 0.15) is 24.7 Å². The molecule has 4 rings (SSSR count). The van der Waals surface area contributed by atoms with Crippen molar-refractivity contribution in [2.24, 2.45) is 0 Å². The number of rotatable bonds is 7. The van der Waals surface area contributed by atoms with Crippen LogP contribution in [0, 0.1) is 6.92 Å². The highest BCUT2D eigenvalue weighted by molar-refractivity contribution is 7.99. The Balaban J connectivity index is 1.70. The third-order valence-electron chi connectivity index (χ3n) is 4.75. The largest absolute Gasteiger partial charge is 0.491 e. The number of anilines is 3. The topological polar surface area (TPSA) is 117 Å². The van der Waals surface area contributed by atoms with Crippen LogP contribution in [0.5, 0.6) is 5.75 Å². The molecule has 2 aromatic heterocycles. The van der Waals surface area contributed by atoms with Gasteiger partial charge >= 0.3 is 0 Å². The molecule has 4 N–H and O–H groups in total. The van der Waals surface area contributed by atoms with Crippen molar-refractivity contribution >= 4 is 40.6 Å². The summed E-state index contributed by atoms with van der Waals surface area (Å²) in [5.74, 6) is 1.69. The first kappa shape index (κ1) is 21.8. The standard InChI is InChI=1S/C22H25N7O2S/c1-13-12-18(29-28-13)25-21-20(31-3)19(15-8-10-23-11-9-15)26-22(27-21)32-17-6-4-16(5-7-17)24-14(2)30/h4-8,12,23H,9-11H2,1-3H3,(H,24,30)(H2,25,26,27,28,29). The van der Waals surface area contributed by atoms with Crippen molar-refractivity contribution in [1.29, 1.82) is 0 Å². The molecule has 9 nitrogen and oxygen atoms in total. The van der Waals surface area contributed by atoms with E-state index in [2.05, 4.69) is 32.2 Å². The molecule has 1 aliphatic rings. The zero-order valence-electron chi connectivity index (χ0n) is 18.2. The maximum Gasteiger partial charge on any atom is 0.221 e. The zero-order valence-corrected chi connectivity index (χ0v) is 19.0. The average molecular weight is 452 g/mol. The van der Waals surface area contributed by atoms with Crippen LogP contribution < -0.4 is 20.7 Å². The summed E-state index contributed by atoms with van der Waals surface area (Å²) in [6, 6.07) is 9.47. The summed E-state index contributed by atoms with van der Waals surface area (Å²) in [5, 5.41) is 17.1. The molecule has 0 bridgehead atoms. The number of hydrogen-bond acceptors (Lipinski definition) is 8. The maximum atomic E-state index is 11.3. The molecular formula is C22H25N7O2S. The molecule has 0 saturated heterocycles. The van der Waals surface area contributed by atoms with Crippen molar-refractivity contribution in [3.05, 3.63) is 47.8 Å². The number of H-pyrrole nitrogens is 1. The number of aromatic nitrogens is 4. The molecule has 0 atom stereocenters. The number of ether oxygens (including phenoxy) is 1. The molecule has 1 aliphatic heterocycles. The van der Waals surface area contributed by atoms with E-state index in [4.69, 9.17) is 14.7 Å². The van der Waals surface area contributed by atoms with Gasteiger partial charge in [-0.2, -0.15) is 5.10 Å². The average Bonchev–Trinajstić information content (AvgIpc) is 3.19. The molecule has 0 fully saturated rings. The monoisotopic (exact) mass is 451 g/mol. The van der Waals surface area contributed by atoms with Crippen molar-refractivity contribution in [3.63, 3.8) is 0 Å². The van der Waals surface area contributed by atoms with E-state index in [9.17, 15) is 4.79 Å². The molecule has 1 amide bonds. The Morgan fingerprint density at radius 2 is 2.03 bits per heavy atom. The second kappa shape index (κ2) is 9.84. The van der Waals surface area contributed by atoms with Crippen LogP contribution in [0.25, 0.3) is 5.57 Å². The minimum absolute atomic E-state index is 0.104. The van der Waals surface area contributed by atoms with E-state index in [1.807, 2.05) is 37.3 Å². The molecule has 32 heavy (non-hydrogen) atoms. The van der Waals surface area contributed by atoms with Crippen LogP contribution in [-0.2, 0) is 4.79 Å². The number of aromatic amines is 1. The quantitative estimate of drug-likeness (QED) is 0.401. The first-order chi connectivity index (χ1) is 15.5. The van der Waals surface area contributed by atoms with E-state index in [0.717, 1.165) is 47.1 Å². The number of methoxy groups -OCH3 is 1. The van der Waals surface area contributed by atoms with Crippen molar-refractivity contribution < 1.29 is 9.53 Å². The lowest BCUT2D eigenvalue weighted by atomic mass is 10.0. The number of nitrogens with one attached hydrogen (secondary N) is 4. The van der Waals surface area contributed by atoms with Crippen LogP contribution in [0.3, 0.4) is 0 Å². The van der Waals surface area contributed by atoms with E-state index in [1.165, 1.54) is 18.7 Å². The van der Waals surface area contributed by atoms with Crippen molar-refractivity contribution in [1.82, 2.24) is 25.5 Å². The van der Waals surface area contributed by atoms with Crippen LogP contribution in [0.2, 0.25) is 0 Å². The predicted molar refractivity (Wildman–Crippen MR) is 126 cm³/mol. The normalized spacial score (nSPS) is 13.4. The summed E-state index contributed by atoms with van der Waals surface area (Å²) in [4.78, 5) is 21.8. The molecule has 1 aromatic carbocycles. The lowest BCUT2D eigenvalue weighted by molar-refractivity contribution is -0.114. The summed E-state index contributed by atoms with van der Waals surface area (Å²) in [5.41, 5.74) is 3.58. The molecule has 0 saturated carbocycles. The van der Waals surface area contributed by atoms with E-state index >= 15 is 0 Å². The predicted octanol–water partition coefficient (Wildman–Crippen LogP) is 3.75. The van der Waals surface area contributed by atoms with Gasteiger partial charge in [0.25, 0.3) is 0 Å². The highest BCUT2D eigenvalue weighted by atomic mass is 32.2. The lowest BCUT2D eigenvalue weighted by Crippen LogP contribution is -2.20. The zero-order chi connectivity index (χ0) is 22.5. The number of nitrogens with zero attached hydrogens (tertiary/aromatic N) is 3. The number of benzene rings is 1. The lowest BCUT2D eigenvalue weighted by Gasteiger charge is -2.19. The first-order valence-electron chi connectivity index (χ1n) is 10.2. The smallest absolute Gasteiger partial charge is 0.221 e. The molecule has 0 spiro atoms. The molecule has 166 valence electrons. The molecule has 3 heterocycles. The van der Waals surface area contributed by atoms with Crippen LogP contribution in [0.4, 0.5) is 17.3 Å². The van der Waals surface area contributed by atoms with Gasteiger partial charge < -0.3 is 20.7 Å². The minimum atomic E-state index is -0.104. The Labute approximate surface area is 190 Å². The molecule has 0 unspecified atom stereocenters. The fraction of sp³-hybridized carbons (Fsp3) is 0.273. The SMILES string of the molecule is COc1c(Nc2cc(C)[nH]n2)nc(Sc2ccc(NC(C)=O)cc2)nc1C1=CCNCC1. The van der Waals surface area contributed by atoms with Crippen LogP contribution >= 0.6 is 11.8 Å². The summed E-state index contributed by atoms with van der Waals surface area (Å²) in [6.45, 7) is 5.09. The van der Waals surface area contributed by atoms with Gasteiger partial charge in [-0.15, -0.1) is 0 Å². The summed E-state index contributed by atoms with van der Waals surface area (Å²) >= 11 is 1.44. The van der Waals surface area contributed by atoms with Gasteiger partial charge in [0.05, 0.1) is 7.11 Å². The van der Waals surface area contributed by atoms with Gasteiger partial charge in [-0.1, -0.05) is 6.08 Å². The second-order valence-electron chi connectivity index (χ2n) is 7.29. The first-order valence-corrected chi connectivity index (χ1v) is 11.0. The second-order valence-corrected chi connectivity index (χ2v) is 8.33. The Morgan fingerprint density at radius 1 is 1.22 bits per heavy atom. The molecule has 0 aliphatic carbocycles. The molecule has 10 heteroatoms. The Kier molecular flexibility index (Phi) is 6.72. The van der Waals surface area contributed by atoms with Gasteiger partial charge in [0.1, 0.15) is 5.69 Å².